The van der Waals surface area contributed by atoms with E-state index in [4.69, 9.17) is 40.6 Å². The summed E-state index contributed by atoms with van der Waals surface area (Å²) in [5.41, 5.74) is 3.16. The minimum absolute atomic E-state index is 0.00907. The molecule has 0 aliphatic rings. The fourth-order valence-corrected chi connectivity index (χ4v) is 4.25. The van der Waals surface area contributed by atoms with Gasteiger partial charge in [0.15, 0.2) is 0 Å². The van der Waals surface area contributed by atoms with Gasteiger partial charge in [-0.1, -0.05) is 70.9 Å². The molecule has 1 heterocycles. The SMILES string of the molecule is Cc1ccc(C(=O)N(N)C(=O)c2c(Cl)cc(Cl)cc2Cl)cc1C#Cc1cnc2ccccc2c1. The summed E-state index contributed by atoms with van der Waals surface area (Å²) in [6.07, 6.45) is 1.69. The Hall–Kier alpha value is -3.40. The molecule has 0 bridgehead atoms. The number of amides is 2. The first-order valence-corrected chi connectivity index (χ1v) is 11.1. The molecule has 0 unspecified atom stereocenters. The number of carbonyl (C=O) groups is 2. The van der Waals surface area contributed by atoms with Crippen molar-refractivity contribution in [2.24, 2.45) is 5.84 Å². The molecule has 0 spiro atoms. The molecule has 3 aromatic carbocycles. The largest absolute Gasteiger partial charge is 0.278 e. The average Bonchev–Trinajstić information content (AvgIpc) is 2.81. The molecule has 0 aliphatic carbocycles. The number of imide groups is 1. The standard InChI is InChI=1S/C26H16Cl3N3O2/c1-15-6-8-19(25(33)32(30)26(34)24-21(28)12-20(27)13-22(24)29)11-17(15)9-7-16-10-18-4-2-3-5-23(18)31-14-16/h2-6,8,10-14H,30H2,1H3. The number of nitrogens with two attached hydrogens (primary N) is 1. The van der Waals surface area contributed by atoms with E-state index in [0.29, 0.717) is 10.6 Å². The lowest BCUT2D eigenvalue weighted by atomic mass is 10.0. The van der Waals surface area contributed by atoms with Gasteiger partial charge >= 0.3 is 0 Å². The Balaban J connectivity index is 1.62. The van der Waals surface area contributed by atoms with E-state index in [9.17, 15) is 9.59 Å². The van der Waals surface area contributed by atoms with Crippen molar-refractivity contribution in [1.82, 2.24) is 9.99 Å². The molecule has 0 fully saturated rings. The van der Waals surface area contributed by atoms with E-state index in [1.165, 1.54) is 12.1 Å². The molecule has 0 saturated heterocycles. The average molecular weight is 509 g/mol. The van der Waals surface area contributed by atoms with E-state index in [1.807, 2.05) is 37.3 Å². The third-order valence-electron chi connectivity index (χ3n) is 5.07. The molecule has 4 aromatic rings. The highest BCUT2D eigenvalue weighted by Crippen LogP contribution is 2.30. The van der Waals surface area contributed by atoms with Crippen LogP contribution in [0.15, 0.2) is 66.9 Å². The molecule has 0 radical (unpaired) electrons. The Morgan fingerprint density at radius 1 is 0.912 bits per heavy atom. The van der Waals surface area contributed by atoms with Crippen LogP contribution in [0.1, 0.15) is 37.4 Å². The van der Waals surface area contributed by atoms with Crippen LogP contribution in [0.25, 0.3) is 10.9 Å². The Morgan fingerprint density at radius 3 is 2.35 bits per heavy atom. The van der Waals surface area contributed by atoms with E-state index >= 15 is 0 Å². The second kappa shape index (κ2) is 9.84. The zero-order valence-corrected chi connectivity index (χ0v) is 20.0. The van der Waals surface area contributed by atoms with Gasteiger partial charge in [-0.05, 0) is 48.9 Å². The lowest BCUT2D eigenvalue weighted by Gasteiger charge is -2.17. The molecule has 0 saturated carbocycles. The van der Waals surface area contributed by atoms with Gasteiger partial charge in [-0.15, -0.1) is 0 Å². The zero-order chi connectivity index (χ0) is 24.4. The number of aryl methyl sites for hydroxylation is 1. The maximum Gasteiger partial charge on any atom is 0.278 e. The van der Waals surface area contributed by atoms with Gasteiger partial charge in [0.2, 0.25) is 0 Å². The van der Waals surface area contributed by atoms with E-state index in [2.05, 4.69) is 16.8 Å². The molecule has 0 aliphatic heterocycles. The Kier molecular flexibility index (Phi) is 6.87. The van der Waals surface area contributed by atoms with E-state index in [0.717, 1.165) is 22.0 Å². The van der Waals surface area contributed by atoms with Crippen molar-refractivity contribution in [2.75, 3.05) is 0 Å². The summed E-state index contributed by atoms with van der Waals surface area (Å²) in [5, 5.41) is 1.68. The van der Waals surface area contributed by atoms with Crippen LogP contribution < -0.4 is 5.84 Å². The summed E-state index contributed by atoms with van der Waals surface area (Å²) in [6, 6.07) is 17.3. The maximum atomic E-state index is 12.9. The van der Waals surface area contributed by atoms with Crippen molar-refractivity contribution in [3.05, 3.63) is 110 Å². The highest BCUT2D eigenvalue weighted by molar-refractivity contribution is 6.42. The van der Waals surface area contributed by atoms with Crippen LogP contribution in [0.2, 0.25) is 15.1 Å². The van der Waals surface area contributed by atoms with Crippen molar-refractivity contribution in [3.63, 3.8) is 0 Å². The zero-order valence-electron chi connectivity index (χ0n) is 17.8. The molecular formula is C26H16Cl3N3O2. The summed E-state index contributed by atoms with van der Waals surface area (Å²) in [7, 11) is 0. The number of halogens is 3. The minimum atomic E-state index is -0.855. The summed E-state index contributed by atoms with van der Waals surface area (Å²) in [5.74, 6) is 10.4. The van der Waals surface area contributed by atoms with Crippen LogP contribution >= 0.6 is 34.8 Å². The minimum Gasteiger partial charge on any atom is -0.267 e. The molecule has 168 valence electrons. The van der Waals surface area contributed by atoms with E-state index in [1.54, 1.807) is 24.4 Å². The quantitative estimate of drug-likeness (QED) is 0.117. The van der Waals surface area contributed by atoms with Crippen molar-refractivity contribution in [2.45, 2.75) is 6.92 Å². The van der Waals surface area contributed by atoms with Gasteiger partial charge in [-0.25, -0.2) is 10.9 Å². The van der Waals surface area contributed by atoms with Crippen LogP contribution in [0.4, 0.5) is 0 Å². The first-order chi connectivity index (χ1) is 16.2. The number of hydrazine groups is 1. The van der Waals surface area contributed by atoms with E-state index in [-0.39, 0.29) is 26.2 Å². The second-order valence-electron chi connectivity index (χ2n) is 7.42. The van der Waals surface area contributed by atoms with Crippen LogP contribution in [0.5, 0.6) is 0 Å². The molecule has 2 N–H and O–H groups in total. The second-order valence-corrected chi connectivity index (χ2v) is 8.67. The number of nitrogens with zero attached hydrogens (tertiary/aromatic N) is 2. The van der Waals surface area contributed by atoms with Crippen molar-refractivity contribution in [1.29, 1.82) is 0 Å². The number of benzene rings is 3. The van der Waals surface area contributed by atoms with Gasteiger partial charge in [0, 0.05) is 33.3 Å². The van der Waals surface area contributed by atoms with Gasteiger partial charge in [0.05, 0.1) is 21.1 Å². The number of hydrogen-bond acceptors (Lipinski definition) is 4. The topological polar surface area (TPSA) is 76.3 Å². The number of pyridine rings is 1. The van der Waals surface area contributed by atoms with Crippen LogP contribution in [0, 0.1) is 18.8 Å². The molecule has 0 atom stereocenters. The number of fused-ring (bicyclic) bond motifs is 1. The number of rotatable bonds is 2. The molecule has 1 aromatic heterocycles. The molecule has 34 heavy (non-hydrogen) atoms. The third kappa shape index (κ3) is 4.91. The number of aromatic nitrogens is 1. The predicted molar refractivity (Wildman–Crippen MR) is 135 cm³/mol. The Bertz CT molecular complexity index is 1500. The van der Waals surface area contributed by atoms with Gasteiger partial charge in [-0.3, -0.25) is 14.6 Å². The molecule has 2 amide bonds. The fraction of sp³-hybridized carbons (Fsp3) is 0.0385. The predicted octanol–water partition coefficient (Wildman–Crippen LogP) is 6.06. The summed E-state index contributed by atoms with van der Waals surface area (Å²) >= 11 is 18.1. The Labute approximate surface area is 211 Å². The lowest BCUT2D eigenvalue weighted by molar-refractivity contribution is 0.0615. The van der Waals surface area contributed by atoms with Crippen LogP contribution in [0.3, 0.4) is 0 Å². The third-order valence-corrected chi connectivity index (χ3v) is 5.89. The van der Waals surface area contributed by atoms with Crippen molar-refractivity contribution in [3.8, 4) is 11.8 Å². The first-order valence-electron chi connectivity index (χ1n) is 10.00. The molecule has 4 rings (SSSR count). The monoisotopic (exact) mass is 507 g/mol. The Morgan fingerprint density at radius 2 is 1.62 bits per heavy atom. The number of para-hydroxylation sites is 1. The highest BCUT2D eigenvalue weighted by Gasteiger charge is 2.26. The maximum absolute atomic E-state index is 12.9. The van der Waals surface area contributed by atoms with Crippen molar-refractivity contribution < 1.29 is 9.59 Å². The van der Waals surface area contributed by atoms with Gasteiger partial charge in [0.1, 0.15) is 0 Å². The van der Waals surface area contributed by atoms with Gasteiger partial charge < -0.3 is 0 Å². The smallest absolute Gasteiger partial charge is 0.267 e. The van der Waals surface area contributed by atoms with E-state index < -0.39 is 11.8 Å². The van der Waals surface area contributed by atoms with Gasteiger partial charge in [-0.2, -0.15) is 0 Å². The molecular weight excluding hydrogens is 493 g/mol. The summed E-state index contributed by atoms with van der Waals surface area (Å²) < 4.78 is 0. The number of carbonyl (C=O) groups excluding carboxylic acids is 2. The summed E-state index contributed by atoms with van der Waals surface area (Å²) in [4.78, 5) is 30.2. The molecule has 8 heteroatoms. The highest BCUT2D eigenvalue weighted by atomic mass is 35.5. The van der Waals surface area contributed by atoms with Crippen LogP contribution in [-0.2, 0) is 0 Å². The normalized spacial score (nSPS) is 10.5. The van der Waals surface area contributed by atoms with Crippen LogP contribution in [-0.4, -0.2) is 21.8 Å². The van der Waals surface area contributed by atoms with Gasteiger partial charge in [0.25, 0.3) is 11.8 Å². The molecule has 5 nitrogen and oxygen atoms in total. The van der Waals surface area contributed by atoms with Crippen molar-refractivity contribution >= 4 is 57.5 Å². The number of hydrogen-bond donors (Lipinski definition) is 1. The first kappa shape index (κ1) is 23.7. The fourth-order valence-electron chi connectivity index (χ4n) is 3.27. The lowest BCUT2D eigenvalue weighted by Crippen LogP contribution is -2.42. The summed E-state index contributed by atoms with van der Waals surface area (Å²) in [6.45, 7) is 1.87.